The second-order valence-electron chi connectivity index (χ2n) is 7.52. The molecule has 1 aromatic carbocycles. The minimum absolute atomic E-state index is 0.0924. The standard InChI is InChI=1S/C19H23N6O6P/c1-28-15-14-12(9-29-32(26,27)31-14)30-18(15)25-10-22-13-16(20)23-19(24-17(13)25)21-8-7-11-5-3-2-4-6-11/h2-6,10,12,14-15,18H,7-9H2,1H3,(H,26,27)(H3,20,21,23,24). The maximum absolute atomic E-state index is 11.9. The first kappa shape index (κ1) is 21.3. The first-order valence-electron chi connectivity index (χ1n) is 10.1. The lowest BCUT2D eigenvalue weighted by atomic mass is 10.1. The van der Waals surface area contributed by atoms with Crippen LogP contribution in [-0.2, 0) is 29.5 Å². The summed E-state index contributed by atoms with van der Waals surface area (Å²) in [4.78, 5) is 22.9. The molecule has 170 valence electrons. The van der Waals surface area contributed by atoms with E-state index in [2.05, 4.69) is 20.3 Å². The summed E-state index contributed by atoms with van der Waals surface area (Å²) in [6.07, 6.45) is -0.452. The van der Waals surface area contributed by atoms with E-state index in [9.17, 15) is 9.46 Å². The van der Waals surface area contributed by atoms with Gasteiger partial charge in [-0.3, -0.25) is 13.6 Å². The fourth-order valence-electron chi connectivity index (χ4n) is 3.96. The van der Waals surface area contributed by atoms with Crippen molar-refractivity contribution >= 4 is 30.8 Å². The minimum Gasteiger partial charge on any atom is -0.382 e. The normalized spacial score (nSPS) is 29.8. The first-order valence-corrected chi connectivity index (χ1v) is 11.6. The number of nitrogens with two attached hydrogens (primary N) is 1. The molecule has 5 unspecified atom stereocenters. The summed E-state index contributed by atoms with van der Waals surface area (Å²) in [5.41, 5.74) is 8.16. The molecule has 0 amide bonds. The van der Waals surface area contributed by atoms with Gasteiger partial charge in [-0.1, -0.05) is 30.3 Å². The maximum atomic E-state index is 11.9. The Kier molecular flexibility index (Phi) is 5.58. The molecular weight excluding hydrogens is 439 g/mol. The highest BCUT2D eigenvalue weighted by molar-refractivity contribution is 7.47. The van der Waals surface area contributed by atoms with Crippen molar-refractivity contribution < 1.29 is 28.0 Å². The van der Waals surface area contributed by atoms with Crippen molar-refractivity contribution in [3.63, 3.8) is 0 Å². The maximum Gasteiger partial charge on any atom is 0.472 e. The van der Waals surface area contributed by atoms with Crippen LogP contribution in [0.15, 0.2) is 36.7 Å². The monoisotopic (exact) mass is 462 g/mol. The number of hydrogen-bond donors (Lipinski definition) is 3. The number of anilines is 2. The Balaban J connectivity index is 1.40. The van der Waals surface area contributed by atoms with Crippen LogP contribution in [0.1, 0.15) is 11.8 Å². The van der Waals surface area contributed by atoms with Gasteiger partial charge in [0.25, 0.3) is 0 Å². The molecular formula is C19H23N6O6P. The lowest BCUT2D eigenvalue weighted by molar-refractivity contribution is -0.0667. The van der Waals surface area contributed by atoms with Gasteiger partial charge < -0.3 is 25.4 Å². The molecule has 4 heterocycles. The molecule has 0 aliphatic carbocycles. The highest BCUT2D eigenvalue weighted by atomic mass is 31.2. The SMILES string of the molecule is COC1C2OP(=O)(O)OCC2OC1n1cnc2c(N)nc(NCCc3ccccc3)nc21. The van der Waals surface area contributed by atoms with E-state index >= 15 is 0 Å². The molecule has 32 heavy (non-hydrogen) atoms. The number of nitrogens with zero attached hydrogens (tertiary/aromatic N) is 4. The average molecular weight is 462 g/mol. The first-order chi connectivity index (χ1) is 15.4. The summed E-state index contributed by atoms with van der Waals surface area (Å²) in [7, 11) is -2.68. The molecule has 12 nitrogen and oxygen atoms in total. The summed E-state index contributed by atoms with van der Waals surface area (Å²) < 4.78 is 35.2. The van der Waals surface area contributed by atoms with Gasteiger partial charge in [-0.05, 0) is 12.0 Å². The molecule has 3 aromatic rings. The number of benzene rings is 1. The Morgan fingerprint density at radius 2 is 2.16 bits per heavy atom. The molecule has 0 saturated carbocycles. The van der Waals surface area contributed by atoms with Gasteiger partial charge in [0.05, 0.1) is 12.9 Å². The summed E-state index contributed by atoms with van der Waals surface area (Å²) >= 11 is 0. The predicted molar refractivity (Wildman–Crippen MR) is 114 cm³/mol. The number of phosphoric acid groups is 1. The molecule has 0 radical (unpaired) electrons. The van der Waals surface area contributed by atoms with E-state index < -0.39 is 32.4 Å². The van der Waals surface area contributed by atoms with Crippen molar-refractivity contribution in [1.82, 2.24) is 19.5 Å². The van der Waals surface area contributed by atoms with Crippen molar-refractivity contribution in [2.45, 2.75) is 31.0 Å². The summed E-state index contributed by atoms with van der Waals surface area (Å²) in [6, 6.07) is 10.1. The lowest BCUT2D eigenvalue weighted by Gasteiger charge is -2.29. The van der Waals surface area contributed by atoms with Gasteiger partial charge in [-0.2, -0.15) is 9.97 Å². The third-order valence-corrected chi connectivity index (χ3v) is 6.46. The summed E-state index contributed by atoms with van der Waals surface area (Å²) in [5, 5.41) is 3.19. The molecule has 0 spiro atoms. The van der Waals surface area contributed by atoms with Gasteiger partial charge in [-0.25, -0.2) is 9.55 Å². The van der Waals surface area contributed by atoms with E-state index in [-0.39, 0.29) is 12.4 Å². The molecule has 0 bridgehead atoms. The molecule has 5 atom stereocenters. The number of hydrogen-bond acceptors (Lipinski definition) is 10. The van der Waals surface area contributed by atoms with Crippen LogP contribution in [0.5, 0.6) is 0 Å². The fraction of sp³-hybridized carbons (Fsp3) is 0.421. The molecule has 2 saturated heterocycles. The van der Waals surface area contributed by atoms with Crippen molar-refractivity contribution in [3.8, 4) is 0 Å². The molecule has 2 aliphatic rings. The van der Waals surface area contributed by atoms with E-state index in [1.54, 1.807) is 4.57 Å². The van der Waals surface area contributed by atoms with E-state index in [4.69, 9.17) is 24.3 Å². The molecule has 5 rings (SSSR count). The van der Waals surface area contributed by atoms with Crippen molar-refractivity contribution in [3.05, 3.63) is 42.2 Å². The number of nitrogens with one attached hydrogen (secondary N) is 1. The van der Waals surface area contributed by atoms with E-state index in [1.165, 1.54) is 19.0 Å². The number of aromatic nitrogens is 4. The fourth-order valence-corrected chi connectivity index (χ4v) is 4.92. The van der Waals surface area contributed by atoms with E-state index in [0.29, 0.717) is 23.7 Å². The van der Waals surface area contributed by atoms with Crippen LogP contribution in [0.2, 0.25) is 0 Å². The zero-order chi connectivity index (χ0) is 22.3. The Bertz CT molecular complexity index is 1160. The van der Waals surface area contributed by atoms with Gasteiger partial charge >= 0.3 is 7.82 Å². The van der Waals surface area contributed by atoms with Gasteiger partial charge in [0.1, 0.15) is 23.8 Å². The van der Waals surface area contributed by atoms with Gasteiger partial charge in [0.2, 0.25) is 5.95 Å². The summed E-state index contributed by atoms with van der Waals surface area (Å²) in [6.45, 7) is 0.523. The number of methoxy groups -OCH3 is 1. The predicted octanol–water partition coefficient (Wildman–Crippen LogP) is 1.49. The van der Waals surface area contributed by atoms with Crippen molar-refractivity contribution in [2.75, 3.05) is 31.3 Å². The summed E-state index contributed by atoms with van der Waals surface area (Å²) in [5.74, 6) is 0.580. The van der Waals surface area contributed by atoms with Crippen LogP contribution < -0.4 is 11.1 Å². The second-order valence-corrected chi connectivity index (χ2v) is 8.92. The zero-order valence-electron chi connectivity index (χ0n) is 17.2. The Morgan fingerprint density at radius 1 is 1.34 bits per heavy atom. The molecule has 13 heteroatoms. The topological polar surface area (TPSA) is 156 Å². The highest BCUT2D eigenvalue weighted by Gasteiger charge is 2.53. The lowest BCUT2D eigenvalue weighted by Crippen LogP contribution is -2.40. The Hall–Kier alpha value is -2.60. The number of nitrogen functional groups attached to an aromatic ring is 1. The number of ether oxygens (including phenoxy) is 2. The second kappa shape index (κ2) is 8.39. The number of fused-ring (bicyclic) bond motifs is 2. The molecule has 2 aliphatic heterocycles. The highest BCUT2D eigenvalue weighted by Crippen LogP contribution is 2.53. The van der Waals surface area contributed by atoms with E-state index in [1.807, 2.05) is 30.3 Å². The van der Waals surface area contributed by atoms with Gasteiger partial charge in [0.15, 0.2) is 17.7 Å². The third-order valence-electron chi connectivity index (χ3n) is 5.48. The number of imidazole rings is 1. The van der Waals surface area contributed by atoms with Crippen LogP contribution in [0.3, 0.4) is 0 Å². The zero-order valence-corrected chi connectivity index (χ0v) is 18.1. The van der Waals surface area contributed by atoms with Crippen LogP contribution in [-0.4, -0.2) is 63.0 Å². The van der Waals surface area contributed by atoms with Crippen molar-refractivity contribution in [1.29, 1.82) is 0 Å². The average Bonchev–Trinajstić information content (AvgIpc) is 3.34. The van der Waals surface area contributed by atoms with Crippen LogP contribution in [0, 0.1) is 0 Å². The number of rotatable bonds is 6. The smallest absolute Gasteiger partial charge is 0.382 e. The van der Waals surface area contributed by atoms with Crippen LogP contribution >= 0.6 is 7.82 Å². The van der Waals surface area contributed by atoms with E-state index in [0.717, 1.165) is 6.42 Å². The van der Waals surface area contributed by atoms with Crippen LogP contribution in [0.4, 0.5) is 11.8 Å². The molecule has 2 aromatic heterocycles. The van der Waals surface area contributed by atoms with Crippen LogP contribution in [0.25, 0.3) is 11.2 Å². The quantitative estimate of drug-likeness (QED) is 0.456. The minimum atomic E-state index is -4.15. The molecule has 2 fully saturated rings. The van der Waals surface area contributed by atoms with Crippen molar-refractivity contribution in [2.24, 2.45) is 0 Å². The Morgan fingerprint density at radius 3 is 2.94 bits per heavy atom. The third kappa shape index (κ3) is 3.96. The molecule has 4 N–H and O–H groups in total. The van der Waals surface area contributed by atoms with Gasteiger partial charge in [0, 0.05) is 13.7 Å². The largest absolute Gasteiger partial charge is 0.472 e. The van der Waals surface area contributed by atoms with Gasteiger partial charge in [-0.15, -0.1) is 0 Å². The Labute approximate surface area is 183 Å². The number of phosphoric ester groups is 1.